The average molecular weight is 330 g/mol. The van der Waals surface area contributed by atoms with Crippen molar-refractivity contribution in [2.75, 3.05) is 6.54 Å². The number of hydrogen-bond acceptors (Lipinski definition) is 2. The van der Waals surface area contributed by atoms with E-state index in [1.165, 1.54) is 0 Å². The predicted molar refractivity (Wildman–Crippen MR) is 96.3 cm³/mol. The molecular formula is C20H30N2O2. The maximum atomic E-state index is 13.0. The fraction of sp³-hybridized carbons (Fsp3) is 0.600. The lowest BCUT2D eigenvalue weighted by Crippen LogP contribution is -2.60. The Labute approximate surface area is 145 Å². The van der Waals surface area contributed by atoms with Crippen molar-refractivity contribution in [3.63, 3.8) is 0 Å². The first-order valence-corrected chi connectivity index (χ1v) is 9.06. The number of amides is 2. The van der Waals surface area contributed by atoms with Gasteiger partial charge in [-0.2, -0.15) is 0 Å². The Morgan fingerprint density at radius 2 is 1.92 bits per heavy atom. The van der Waals surface area contributed by atoms with Gasteiger partial charge >= 0.3 is 0 Å². The largest absolute Gasteiger partial charge is 0.350 e. The molecule has 2 rings (SSSR count). The van der Waals surface area contributed by atoms with Crippen LogP contribution >= 0.6 is 0 Å². The number of rotatable bonds is 5. The molecule has 24 heavy (non-hydrogen) atoms. The van der Waals surface area contributed by atoms with Crippen LogP contribution in [0.2, 0.25) is 0 Å². The topological polar surface area (TPSA) is 49.4 Å². The summed E-state index contributed by atoms with van der Waals surface area (Å²) in [5.41, 5.74) is 0.318. The number of carbonyl (C=O) groups excluding carboxylic acids is 2. The van der Waals surface area contributed by atoms with Crippen LogP contribution in [-0.2, 0) is 16.1 Å². The maximum Gasteiger partial charge on any atom is 0.245 e. The van der Waals surface area contributed by atoms with Crippen LogP contribution in [0.15, 0.2) is 30.3 Å². The van der Waals surface area contributed by atoms with Crippen molar-refractivity contribution in [1.82, 2.24) is 10.2 Å². The molecule has 1 unspecified atom stereocenters. The minimum atomic E-state index is -0.753. The smallest absolute Gasteiger partial charge is 0.245 e. The van der Waals surface area contributed by atoms with Crippen LogP contribution in [0, 0.1) is 5.92 Å². The molecule has 1 fully saturated rings. The molecule has 1 aliphatic heterocycles. The number of benzene rings is 1. The molecule has 2 amide bonds. The molecule has 0 aliphatic carbocycles. The molecule has 0 bridgehead atoms. The number of hydrogen-bond donors (Lipinski definition) is 1. The summed E-state index contributed by atoms with van der Waals surface area (Å²) >= 11 is 0. The molecule has 0 spiro atoms. The van der Waals surface area contributed by atoms with Crippen molar-refractivity contribution >= 4 is 11.8 Å². The minimum Gasteiger partial charge on any atom is -0.350 e. The highest BCUT2D eigenvalue weighted by atomic mass is 16.2. The van der Waals surface area contributed by atoms with Crippen molar-refractivity contribution < 1.29 is 9.59 Å². The van der Waals surface area contributed by atoms with Gasteiger partial charge in [-0.25, -0.2) is 0 Å². The van der Waals surface area contributed by atoms with Gasteiger partial charge in [-0.1, -0.05) is 57.0 Å². The fourth-order valence-corrected chi connectivity index (χ4v) is 3.34. The summed E-state index contributed by atoms with van der Waals surface area (Å²) in [7, 11) is 0. The molecule has 1 aromatic carbocycles. The van der Waals surface area contributed by atoms with Crippen molar-refractivity contribution in [3.05, 3.63) is 35.9 Å². The van der Waals surface area contributed by atoms with Crippen LogP contribution in [0.5, 0.6) is 0 Å². The van der Waals surface area contributed by atoms with E-state index in [9.17, 15) is 9.59 Å². The molecule has 1 aromatic rings. The molecule has 1 aliphatic rings. The predicted octanol–water partition coefficient (Wildman–Crippen LogP) is 3.51. The first-order valence-electron chi connectivity index (χ1n) is 9.06. The normalized spacial score (nSPS) is 22.2. The maximum absolute atomic E-state index is 13.0. The van der Waals surface area contributed by atoms with E-state index in [4.69, 9.17) is 0 Å². The minimum absolute atomic E-state index is 0.0396. The van der Waals surface area contributed by atoms with Gasteiger partial charge < -0.3 is 10.2 Å². The van der Waals surface area contributed by atoms with Gasteiger partial charge in [-0.15, -0.1) is 0 Å². The highest BCUT2D eigenvalue weighted by Gasteiger charge is 2.42. The number of nitrogens with zero attached hydrogens (tertiary/aromatic N) is 1. The van der Waals surface area contributed by atoms with Crippen LogP contribution in [0.1, 0.15) is 58.4 Å². The summed E-state index contributed by atoms with van der Waals surface area (Å²) < 4.78 is 0. The monoisotopic (exact) mass is 330 g/mol. The summed E-state index contributed by atoms with van der Waals surface area (Å²) in [6, 6.07) is 9.89. The van der Waals surface area contributed by atoms with E-state index in [2.05, 4.69) is 19.2 Å². The molecule has 132 valence electrons. The van der Waals surface area contributed by atoms with Crippen LogP contribution in [-0.4, -0.2) is 28.8 Å². The van der Waals surface area contributed by atoms with E-state index in [0.29, 0.717) is 25.4 Å². The molecule has 0 saturated carbocycles. The van der Waals surface area contributed by atoms with E-state index in [1.54, 1.807) is 0 Å². The fourth-order valence-electron chi connectivity index (χ4n) is 3.34. The van der Waals surface area contributed by atoms with Gasteiger partial charge in [0.1, 0.15) is 5.54 Å². The molecule has 1 saturated heterocycles. The highest BCUT2D eigenvalue weighted by Crippen LogP contribution is 2.28. The van der Waals surface area contributed by atoms with E-state index in [-0.39, 0.29) is 11.8 Å². The lowest BCUT2D eigenvalue weighted by Gasteiger charge is -2.42. The van der Waals surface area contributed by atoms with Crippen LogP contribution in [0.4, 0.5) is 0 Å². The number of nitrogens with one attached hydrogen (secondary N) is 1. The van der Waals surface area contributed by atoms with Crippen molar-refractivity contribution in [2.24, 2.45) is 5.92 Å². The van der Waals surface area contributed by atoms with E-state index >= 15 is 0 Å². The second kappa shape index (κ2) is 8.32. The molecule has 0 radical (unpaired) electrons. The van der Waals surface area contributed by atoms with Crippen LogP contribution in [0.25, 0.3) is 0 Å². The van der Waals surface area contributed by atoms with Crippen molar-refractivity contribution in [3.8, 4) is 0 Å². The summed E-state index contributed by atoms with van der Waals surface area (Å²) in [5.74, 6) is 0.414. The van der Waals surface area contributed by atoms with Gasteiger partial charge in [0.25, 0.3) is 0 Å². The zero-order valence-corrected chi connectivity index (χ0v) is 15.2. The van der Waals surface area contributed by atoms with Crippen molar-refractivity contribution in [2.45, 2.75) is 65.0 Å². The summed E-state index contributed by atoms with van der Waals surface area (Å²) in [4.78, 5) is 27.5. The molecule has 0 aromatic heterocycles. The summed E-state index contributed by atoms with van der Waals surface area (Å²) in [6.45, 7) is 7.24. The third-order valence-electron chi connectivity index (χ3n) is 4.78. The van der Waals surface area contributed by atoms with Gasteiger partial charge in [0.2, 0.25) is 11.8 Å². The summed E-state index contributed by atoms with van der Waals surface area (Å²) in [5, 5.41) is 3.05. The van der Waals surface area contributed by atoms with E-state index in [1.807, 2.05) is 42.2 Å². The Bertz CT molecular complexity index is 556. The van der Waals surface area contributed by atoms with Crippen molar-refractivity contribution in [1.29, 1.82) is 0 Å². The van der Waals surface area contributed by atoms with Gasteiger partial charge in [0, 0.05) is 19.5 Å². The highest BCUT2D eigenvalue weighted by molar-refractivity contribution is 5.91. The molecular weight excluding hydrogens is 300 g/mol. The SMILES string of the molecule is CC(C)CN1C(=O)CCCCCC1(C)C(=O)NCc1ccccc1. The Morgan fingerprint density at radius 3 is 2.58 bits per heavy atom. The second-order valence-electron chi connectivity index (χ2n) is 7.40. The van der Waals surface area contributed by atoms with Gasteiger partial charge in [-0.05, 0) is 31.2 Å². The second-order valence-corrected chi connectivity index (χ2v) is 7.40. The van der Waals surface area contributed by atoms with E-state index in [0.717, 1.165) is 31.2 Å². The standard InChI is InChI=1S/C20H30N2O2/c1-16(2)15-22-18(23)12-8-5-9-13-20(22,3)19(24)21-14-17-10-6-4-7-11-17/h4,6-7,10-11,16H,5,8-9,12-15H2,1-3H3,(H,21,24). The lowest BCUT2D eigenvalue weighted by molar-refractivity contribution is -0.149. The van der Waals surface area contributed by atoms with Crippen LogP contribution < -0.4 is 5.32 Å². The molecule has 4 nitrogen and oxygen atoms in total. The zero-order chi connectivity index (χ0) is 17.6. The first kappa shape index (κ1) is 18.5. The molecule has 1 atom stereocenters. The lowest BCUT2D eigenvalue weighted by atomic mass is 9.87. The zero-order valence-electron chi connectivity index (χ0n) is 15.2. The molecule has 1 heterocycles. The number of carbonyl (C=O) groups is 2. The summed E-state index contributed by atoms with van der Waals surface area (Å²) in [6.07, 6.45) is 4.20. The Kier molecular flexibility index (Phi) is 6.41. The van der Waals surface area contributed by atoms with Gasteiger partial charge in [-0.3, -0.25) is 9.59 Å². The Balaban J connectivity index is 2.15. The quantitative estimate of drug-likeness (QED) is 0.898. The molecule has 1 N–H and O–H groups in total. The van der Waals surface area contributed by atoms with Crippen LogP contribution in [0.3, 0.4) is 0 Å². The third kappa shape index (κ3) is 4.59. The first-order chi connectivity index (χ1) is 11.4. The Hall–Kier alpha value is -1.84. The van der Waals surface area contributed by atoms with Gasteiger partial charge in [0.15, 0.2) is 0 Å². The van der Waals surface area contributed by atoms with Gasteiger partial charge in [0.05, 0.1) is 0 Å². The van der Waals surface area contributed by atoms with E-state index < -0.39 is 5.54 Å². The average Bonchev–Trinajstić information content (AvgIpc) is 2.56. The molecule has 4 heteroatoms. The third-order valence-corrected chi connectivity index (χ3v) is 4.78. The number of likely N-dealkylation sites (tertiary alicyclic amines) is 1. The Morgan fingerprint density at radius 1 is 1.21 bits per heavy atom.